The first-order valence-corrected chi connectivity index (χ1v) is 7.82. The van der Waals surface area contributed by atoms with E-state index in [0.717, 1.165) is 6.54 Å². The summed E-state index contributed by atoms with van der Waals surface area (Å²) in [6.45, 7) is 1.40. The number of benzene rings is 1. The SMILES string of the molecule is COc1ccc(CNCC2(CCl)CCCCC2)c(F)c1. The number of rotatable bonds is 6. The van der Waals surface area contributed by atoms with Gasteiger partial charge in [0.05, 0.1) is 7.11 Å². The van der Waals surface area contributed by atoms with E-state index in [1.807, 2.05) is 0 Å². The minimum atomic E-state index is -0.222. The summed E-state index contributed by atoms with van der Waals surface area (Å²) in [5.41, 5.74) is 0.870. The third-order valence-electron chi connectivity index (χ3n) is 4.27. The molecule has 1 aliphatic rings. The van der Waals surface area contributed by atoms with Crippen molar-refractivity contribution in [2.24, 2.45) is 5.41 Å². The second kappa shape index (κ2) is 7.28. The fraction of sp³-hybridized carbons (Fsp3) is 0.625. The van der Waals surface area contributed by atoms with Gasteiger partial charge in [-0.3, -0.25) is 0 Å². The molecule has 0 bridgehead atoms. The normalized spacial score (nSPS) is 17.9. The molecule has 4 heteroatoms. The van der Waals surface area contributed by atoms with Gasteiger partial charge in [0.1, 0.15) is 11.6 Å². The summed E-state index contributed by atoms with van der Waals surface area (Å²) in [6.07, 6.45) is 6.17. The molecule has 0 radical (unpaired) electrons. The van der Waals surface area contributed by atoms with Crippen LogP contribution in [-0.2, 0) is 6.54 Å². The Morgan fingerprint density at radius 2 is 2.05 bits per heavy atom. The smallest absolute Gasteiger partial charge is 0.131 e. The zero-order valence-electron chi connectivity index (χ0n) is 12.1. The zero-order chi connectivity index (χ0) is 14.4. The van der Waals surface area contributed by atoms with Crippen molar-refractivity contribution in [3.05, 3.63) is 29.6 Å². The summed E-state index contributed by atoms with van der Waals surface area (Å²) >= 11 is 6.16. The molecule has 0 amide bonds. The van der Waals surface area contributed by atoms with E-state index in [1.54, 1.807) is 19.2 Å². The van der Waals surface area contributed by atoms with E-state index in [2.05, 4.69) is 5.32 Å². The maximum absolute atomic E-state index is 13.8. The summed E-state index contributed by atoms with van der Waals surface area (Å²) in [6, 6.07) is 4.99. The van der Waals surface area contributed by atoms with Crippen molar-refractivity contribution in [1.82, 2.24) is 5.32 Å². The van der Waals surface area contributed by atoms with Gasteiger partial charge >= 0.3 is 0 Å². The molecular formula is C16H23ClFNO. The maximum atomic E-state index is 13.8. The van der Waals surface area contributed by atoms with Crippen LogP contribution in [0.5, 0.6) is 5.75 Å². The first-order valence-electron chi connectivity index (χ1n) is 7.28. The lowest BCUT2D eigenvalue weighted by atomic mass is 9.75. The molecule has 1 fully saturated rings. The van der Waals surface area contributed by atoms with Crippen molar-refractivity contribution < 1.29 is 9.13 Å². The van der Waals surface area contributed by atoms with Gasteiger partial charge in [-0.05, 0) is 24.3 Å². The lowest BCUT2D eigenvalue weighted by Crippen LogP contribution is -2.37. The van der Waals surface area contributed by atoms with Gasteiger partial charge in [-0.25, -0.2) is 4.39 Å². The van der Waals surface area contributed by atoms with Crippen LogP contribution in [0.1, 0.15) is 37.7 Å². The summed E-state index contributed by atoms with van der Waals surface area (Å²) < 4.78 is 18.8. The van der Waals surface area contributed by atoms with Crippen LogP contribution in [0.4, 0.5) is 4.39 Å². The predicted octanol–water partition coefficient (Wildman–Crippen LogP) is 4.11. The lowest BCUT2D eigenvalue weighted by molar-refractivity contribution is 0.212. The zero-order valence-corrected chi connectivity index (χ0v) is 12.8. The second-order valence-corrected chi connectivity index (χ2v) is 6.02. The fourth-order valence-electron chi connectivity index (χ4n) is 2.92. The molecular weight excluding hydrogens is 277 g/mol. The van der Waals surface area contributed by atoms with E-state index >= 15 is 0 Å². The maximum Gasteiger partial charge on any atom is 0.131 e. The lowest BCUT2D eigenvalue weighted by Gasteiger charge is -2.35. The van der Waals surface area contributed by atoms with E-state index in [0.29, 0.717) is 23.7 Å². The Morgan fingerprint density at radius 3 is 2.65 bits per heavy atom. The Balaban J connectivity index is 1.88. The number of hydrogen-bond donors (Lipinski definition) is 1. The summed E-state index contributed by atoms with van der Waals surface area (Å²) in [7, 11) is 1.54. The van der Waals surface area contributed by atoms with Crippen LogP contribution in [0.3, 0.4) is 0 Å². The third-order valence-corrected chi connectivity index (χ3v) is 4.84. The monoisotopic (exact) mass is 299 g/mol. The highest BCUT2D eigenvalue weighted by Gasteiger charge is 2.30. The Morgan fingerprint density at radius 1 is 1.30 bits per heavy atom. The fourth-order valence-corrected chi connectivity index (χ4v) is 3.28. The van der Waals surface area contributed by atoms with E-state index in [9.17, 15) is 4.39 Å². The number of halogens is 2. The van der Waals surface area contributed by atoms with Crippen LogP contribution in [0.25, 0.3) is 0 Å². The second-order valence-electron chi connectivity index (χ2n) is 5.76. The van der Waals surface area contributed by atoms with Gasteiger partial charge in [0.2, 0.25) is 0 Å². The average molecular weight is 300 g/mol. The summed E-state index contributed by atoms with van der Waals surface area (Å²) in [5, 5.41) is 3.38. The standard InChI is InChI=1S/C16H23ClFNO/c1-20-14-6-5-13(15(18)9-14)10-19-12-16(11-17)7-3-2-4-8-16/h5-6,9,19H,2-4,7-8,10-12H2,1H3. The Kier molecular flexibility index (Phi) is 5.67. The van der Waals surface area contributed by atoms with Crippen molar-refractivity contribution in [2.45, 2.75) is 38.6 Å². The number of ether oxygens (including phenoxy) is 1. The highest BCUT2D eigenvalue weighted by Crippen LogP contribution is 2.36. The number of nitrogens with one attached hydrogen (secondary N) is 1. The number of hydrogen-bond acceptors (Lipinski definition) is 2. The number of methoxy groups -OCH3 is 1. The quantitative estimate of drug-likeness (QED) is 0.798. The van der Waals surface area contributed by atoms with Crippen LogP contribution >= 0.6 is 11.6 Å². The molecule has 0 aliphatic heterocycles. The molecule has 0 saturated heterocycles. The highest BCUT2D eigenvalue weighted by molar-refractivity contribution is 6.18. The topological polar surface area (TPSA) is 21.3 Å². The van der Waals surface area contributed by atoms with Gasteiger partial charge < -0.3 is 10.1 Å². The molecule has 2 nitrogen and oxygen atoms in total. The molecule has 0 heterocycles. The first-order chi connectivity index (χ1) is 9.69. The van der Waals surface area contributed by atoms with Gasteiger partial charge in [-0.15, -0.1) is 11.6 Å². The molecule has 1 saturated carbocycles. The minimum absolute atomic E-state index is 0.197. The van der Waals surface area contributed by atoms with Gasteiger partial charge in [-0.2, -0.15) is 0 Å². The molecule has 0 aromatic heterocycles. The molecule has 0 atom stereocenters. The summed E-state index contributed by atoms with van der Waals surface area (Å²) in [5.74, 6) is 1.02. The van der Waals surface area contributed by atoms with Crippen LogP contribution < -0.4 is 10.1 Å². The number of alkyl halides is 1. The van der Waals surface area contributed by atoms with Crippen molar-refractivity contribution in [2.75, 3.05) is 19.5 Å². The van der Waals surface area contributed by atoms with Crippen LogP contribution in [-0.4, -0.2) is 19.5 Å². The largest absolute Gasteiger partial charge is 0.497 e. The van der Waals surface area contributed by atoms with E-state index in [-0.39, 0.29) is 11.2 Å². The van der Waals surface area contributed by atoms with Gasteiger partial charge in [0.15, 0.2) is 0 Å². The first kappa shape index (κ1) is 15.6. The third kappa shape index (κ3) is 3.86. The summed E-state index contributed by atoms with van der Waals surface area (Å²) in [4.78, 5) is 0. The molecule has 1 N–H and O–H groups in total. The molecule has 0 spiro atoms. The molecule has 20 heavy (non-hydrogen) atoms. The predicted molar refractivity (Wildman–Crippen MR) is 80.9 cm³/mol. The van der Waals surface area contributed by atoms with Crippen molar-refractivity contribution >= 4 is 11.6 Å². The van der Waals surface area contributed by atoms with E-state index < -0.39 is 0 Å². The van der Waals surface area contributed by atoms with Crippen LogP contribution in [0.2, 0.25) is 0 Å². The van der Waals surface area contributed by atoms with E-state index in [1.165, 1.54) is 38.2 Å². The van der Waals surface area contributed by atoms with Crippen molar-refractivity contribution in [3.63, 3.8) is 0 Å². The molecule has 2 rings (SSSR count). The Labute approximate surface area is 125 Å². The van der Waals surface area contributed by atoms with E-state index in [4.69, 9.17) is 16.3 Å². The Bertz CT molecular complexity index is 432. The van der Waals surface area contributed by atoms with Gasteiger partial charge in [0.25, 0.3) is 0 Å². The minimum Gasteiger partial charge on any atom is -0.497 e. The Hall–Kier alpha value is -0.800. The molecule has 112 valence electrons. The highest BCUT2D eigenvalue weighted by atomic mass is 35.5. The van der Waals surface area contributed by atoms with Gasteiger partial charge in [0, 0.05) is 30.6 Å². The molecule has 1 aromatic carbocycles. The van der Waals surface area contributed by atoms with Crippen molar-refractivity contribution in [3.8, 4) is 5.75 Å². The van der Waals surface area contributed by atoms with Gasteiger partial charge in [-0.1, -0.05) is 25.3 Å². The molecule has 1 aliphatic carbocycles. The van der Waals surface area contributed by atoms with Crippen LogP contribution in [0.15, 0.2) is 18.2 Å². The molecule has 0 unspecified atom stereocenters. The average Bonchev–Trinajstić information content (AvgIpc) is 2.50. The van der Waals surface area contributed by atoms with Crippen molar-refractivity contribution in [1.29, 1.82) is 0 Å². The van der Waals surface area contributed by atoms with Crippen LogP contribution in [0, 0.1) is 11.2 Å². The molecule has 1 aromatic rings.